The predicted molar refractivity (Wildman–Crippen MR) is 328 cm³/mol. The van der Waals surface area contributed by atoms with Gasteiger partial charge in [-0.15, -0.1) is 0 Å². The van der Waals surface area contributed by atoms with E-state index in [0.717, 1.165) is 96.3 Å². The first-order valence-corrected chi connectivity index (χ1v) is 33.6. The molecule has 1 amide bonds. The molecule has 444 valence electrons. The van der Waals surface area contributed by atoms with Crippen molar-refractivity contribution >= 4 is 19.7 Å². The Balaban J connectivity index is 5.23. The van der Waals surface area contributed by atoms with E-state index in [1.165, 1.54) is 167 Å². The highest BCUT2D eigenvalue weighted by atomic mass is 31.2. The monoisotopic (exact) mass is 1090 g/mol. The van der Waals surface area contributed by atoms with E-state index < -0.39 is 20.0 Å². The molecule has 0 bridgehead atoms. The van der Waals surface area contributed by atoms with Crippen LogP contribution in [0.1, 0.15) is 297 Å². The van der Waals surface area contributed by atoms with Gasteiger partial charge >= 0.3 is 13.8 Å². The summed E-state index contributed by atoms with van der Waals surface area (Å²) in [5.74, 6) is -0.512. The minimum atomic E-state index is -4.45. The van der Waals surface area contributed by atoms with Crippen molar-refractivity contribution in [1.82, 2.24) is 5.32 Å². The Labute approximate surface area is 471 Å². The number of hydrogen-bond donors (Lipinski definition) is 2. The summed E-state index contributed by atoms with van der Waals surface area (Å²) in [6.45, 7) is 6.99. The Morgan fingerprint density at radius 2 is 0.803 bits per heavy atom. The Morgan fingerprint density at radius 1 is 0.461 bits per heavy atom. The van der Waals surface area contributed by atoms with Crippen LogP contribution in [0.25, 0.3) is 0 Å². The number of allylic oxidation sites excluding steroid dienone is 9. The third-order valence-electron chi connectivity index (χ3n) is 14.2. The van der Waals surface area contributed by atoms with Crippen LogP contribution >= 0.6 is 7.82 Å². The first-order valence-electron chi connectivity index (χ1n) is 32.1. The maximum absolute atomic E-state index is 13.5. The smallest absolute Gasteiger partial charge is 0.456 e. The number of quaternary nitrogens is 1. The highest BCUT2D eigenvalue weighted by Gasteiger charge is 2.30. The molecule has 10 heteroatoms. The summed E-state index contributed by atoms with van der Waals surface area (Å²) in [5.41, 5.74) is 0. The molecule has 0 fully saturated rings. The number of nitrogens with zero attached hydrogens (tertiary/aromatic N) is 1. The van der Waals surface area contributed by atoms with E-state index in [1.54, 1.807) is 0 Å². The van der Waals surface area contributed by atoms with Gasteiger partial charge in [-0.05, 0) is 96.0 Å². The SMILES string of the molecule is CCCCC/C=C\C/C=C\C/C=C\CCCCCCCCCCC(=O)OC(/C=C/CCCCCCCCCCCC)C(COP(=O)(O)OCC[N+](C)(C)C)NC(=O)CCCCCCCCC/C=C/CCCCCCCC. The molecule has 76 heavy (non-hydrogen) atoms. The zero-order chi connectivity index (χ0) is 55.7. The van der Waals surface area contributed by atoms with E-state index in [4.69, 9.17) is 13.8 Å². The van der Waals surface area contributed by atoms with E-state index in [1.807, 2.05) is 33.3 Å². The van der Waals surface area contributed by atoms with Gasteiger partial charge in [-0.25, -0.2) is 4.57 Å². The summed E-state index contributed by atoms with van der Waals surface area (Å²) >= 11 is 0. The summed E-state index contributed by atoms with van der Waals surface area (Å²) < 4.78 is 30.7. The standard InChI is InChI=1S/C66H123N2O7P/c1-7-10-13-16-19-22-25-28-30-32-33-34-35-37-39-41-44-47-50-53-56-59-66(70)75-64(57-54-51-48-45-42-27-24-21-18-15-12-9-3)63(62-74-76(71,72)73-61-60-68(4,5)6)67-65(69)58-55-52-49-46-43-40-38-36-31-29-26-23-20-17-14-11-8-2/h19,22,28-31,33-34,54,57,63-64H,7-18,20-21,23-27,32,35-53,55-56,58-62H2,1-6H3,(H-,67,69,71,72)/p+1/b22-19-,30-28-,31-29+,34-33-,57-54+. The second-order valence-corrected chi connectivity index (χ2v) is 24.4. The number of hydrogen-bond acceptors (Lipinski definition) is 6. The molecule has 0 spiro atoms. The molecular weight excluding hydrogens is 964 g/mol. The Hall–Kier alpha value is -2.29. The fourth-order valence-corrected chi connectivity index (χ4v) is 9.91. The van der Waals surface area contributed by atoms with Crippen molar-refractivity contribution in [3.05, 3.63) is 60.8 Å². The molecular formula is C66H124N2O7P+. The number of nitrogens with one attached hydrogen (secondary N) is 1. The lowest BCUT2D eigenvalue weighted by Crippen LogP contribution is -2.47. The Kier molecular flexibility index (Phi) is 54.3. The third kappa shape index (κ3) is 56.4. The van der Waals surface area contributed by atoms with Crippen molar-refractivity contribution < 1.29 is 37.3 Å². The molecule has 0 saturated carbocycles. The van der Waals surface area contributed by atoms with Crippen molar-refractivity contribution in [2.24, 2.45) is 0 Å². The zero-order valence-electron chi connectivity index (χ0n) is 50.7. The number of carbonyl (C=O) groups is 2. The number of unbranched alkanes of at least 4 members (excludes halogenated alkanes) is 34. The van der Waals surface area contributed by atoms with Crippen molar-refractivity contribution in [3.63, 3.8) is 0 Å². The van der Waals surface area contributed by atoms with Crippen LogP contribution in [0.4, 0.5) is 0 Å². The molecule has 3 unspecified atom stereocenters. The van der Waals surface area contributed by atoms with E-state index in [9.17, 15) is 19.0 Å². The summed E-state index contributed by atoms with van der Waals surface area (Å²) in [4.78, 5) is 37.7. The first-order chi connectivity index (χ1) is 36.9. The van der Waals surface area contributed by atoms with Crippen molar-refractivity contribution in [1.29, 1.82) is 0 Å². The topological polar surface area (TPSA) is 111 Å². The normalized spacial score (nSPS) is 14.0. The highest BCUT2D eigenvalue weighted by molar-refractivity contribution is 7.47. The van der Waals surface area contributed by atoms with E-state index in [-0.39, 0.29) is 31.5 Å². The van der Waals surface area contributed by atoms with Crippen LogP contribution in [-0.2, 0) is 27.9 Å². The zero-order valence-corrected chi connectivity index (χ0v) is 51.6. The molecule has 0 aromatic carbocycles. The lowest BCUT2D eigenvalue weighted by atomic mass is 10.0. The van der Waals surface area contributed by atoms with Crippen LogP contribution in [0.5, 0.6) is 0 Å². The van der Waals surface area contributed by atoms with Crippen LogP contribution in [0.2, 0.25) is 0 Å². The fourth-order valence-electron chi connectivity index (χ4n) is 9.18. The molecule has 0 aromatic heterocycles. The Morgan fingerprint density at radius 3 is 1.24 bits per heavy atom. The van der Waals surface area contributed by atoms with Gasteiger partial charge in [0.2, 0.25) is 5.91 Å². The van der Waals surface area contributed by atoms with Crippen molar-refractivity contribution in [2.75, 3.05) is 40.9 Å². The van der Waals surface area contributed by atoms with Gasteiger partial charge in [0.05, 0.1) is 33.8 Å². The molecule has 2 N–H and O–H groups in total. The first kappa shape index (κ1) is 73.7. The second kappa shape index (κ2) is 56.0. The van der Waals surface area contributed by atoms with Crippen LogP contribution in [0.15, 0.2) is 60.8 Å². The van der Waals surface area contributed by atoms with Gasteiger partial charge in [0, 0.05) is 12.8 Å². The number of esters is 1. The van der Waals surface area contributed by atoms with Gasteiger partial charge in [0.25, 0.3) is 0 Å². The molecule has 0 aliphatic heterocycles. The van der Waals surface area contributed by atoms with Crippen LogP contribution < -0.4 is 5.32 Å². The predicted octanol–water partition coefficient (Wildman–Crippen LogP) is 19.8. The fraction of sp³-hybridized carbons (Fsp3) is 0.818. The molecule has 0 radical (unpaired) electrons. The van der Waals surface area contributed by atoms with Gasteiger partial charge in [-0.2, -0.15) is 0 Å². The molecule has 0 rings (SSSR count). The maximum atomic E-state index is 13.5. The molecule has 0 aliphatic rings. The van der Waals surface area contributed by atoms with Gasteiger partial charge in [0.15, 0.2) is 0 Å². The molecule has 0 aliphatic carbocycles. The lowest BCUT2D eigenvalue weighted by molar-refractivity contribution is -0.870. The number of phosphoric acid groups is 1. The summed E-state index contributed by atoms with van der Waals surface area (Å²) in [6.07, 6.45) is 70.7. The number of likely N-dealkylation sites (N-methyl/N-ethyl adjacent to an activating group) is 1. The molecule has 9 nitrogen and oxygen atoms in total. The number of ether oxygens (including phenoxy) is 1. The minimum absolute atomic E-state index is 0.0374. The van der Waals surface area contributed by atoms with E-state index >= 15 is 0 Å². The minimum Gasteiger partial charge on any atom is -0.456 e. The number of phosphoric ester groups is 1. The summed E-state index contributed by atoms with van der Waals surface area (Å²) in [6, 6.07) is -0.854. The van der Waals surface area contributed by atoms with Crippen LogP contribution in [0.3, 0.4) is 0 Å². The quantitative estimate of drug-likeness (QED) is 0.0205. The van der Waals surface area contributed by atoms with Gasteiger partial charge in [-0.1, -0.05) is 249 Å². The van der Waals surface area contributed by atoms with Crippen LogP contribution in [0, 0.1) is 0 Å². The average Bonchev–Trinajstić information content (AvgIpc) is 3.38. The second-order valence-electron chi connectivity index (χ2n) is 22.9. The number of rotatable bonds is 58. The lowest BCUT2D eigenvalue weighted by Gasteiger charge is -2.27. The van der Waals surface area contributed by atoms with Crippen LogP contribution in [-0.4, -0.2) is 74.3 Å². The van der Waals surface area contributed by atoms with E-state index in [2.05, 4.69) is 74.7 Å². The van der Waals surface area contributed by atoms with Gasteiger partial charge in [0.1, 0.15) is 19.3 Å². The summed E-state index contributed by atoms with van der Waals surface area (Å²) in [7, 11) is 1.49. The van der Waals surface area contributed by atoms with E-state index in [0.29, 0.717) is 17.4 Å². The maximum Gasteiger partial charge on any atom is 0.472 e. The summed E-state index contributed by atoms with van der Waals surface area (Å²) in [5, 5.41) is 3.06. The largest absolute Gasteiger partial charge is 0.472 e. The van der Waals surface area contributed by atoms with Gasteiger partial charge < -0.3 is 19.4 Å². The van der Waals surface area contributed by atoms with Crippen molar-refractivity contribution in [2.45, 2.75) is 309 Å². The third-order valence-corrected chi connectivity index (χ3v) is 15.2. The molecule has 0 saturated heterocycles. The average molecular weight is 1090 g/mol. The highest BCUT2D eigenvalue weighted by Crippen LogP contribution is 2.43. The molecule has 3 atom stereocenters. The Bertz CT molecular complexity index is 1490. The molecule has 0 aromatic rings. The van der Waals surface area contributed by atoms with Crippen molar-refractivity contribution in [3.8, 4) is 0 Å². The van der Waals surface area contributed by atoms with Gasteiger partial charge in [-0.3, -0.25) is 18.6 Å². The number of carbonyl (C=O) groups excluding carboxylic acids is 2. The molecule has 0 heterocycles. The number of amides is 1.